The zero-order valence-corrected chi connectivity index (χ0v) is 10.3. The quantitative estimate of drug-likeness (QED) is 0.459. The molecule has 0 saturated carbocycles. The molecule has 1 rings (SSSR count). The molecule has 0 fully saturated rings. The maximum Gasteiger partial charge on any atom is 2.00 e. The molecule has 80 valence electrons. The van der Waals surface area contributed by atoms with Gasteiger partial charge in [0.15, 0.2) is 0 Å². The second-order valence-corrected chi connectivity index (χ2v) is 3.57. The molecule has 16 heavy (non-hydrogen) atoms. The Morgan fingerprint density at radius 3 is 1.94 bits per heavy atom. The standard InChI is InChI=1S/C11H12O4.Mg/c1-11(9(12)13,10(14)15)7-8-5-3-2-4-6-8;/h2-6H,7H2,1H3,(H,12,13)(H,14,15);/q;+2/p-2. The molecule has 0 bridgehead atoms. The number of hydrogen-bond donors (Lipinski definition) is 0. The van der Waals surface area contributed by atoms with Crippen molar-refractivity contribution in [1.29, 1.82) is 0 Å². The van der Waals surface area contributed by atoms with Crippen LogP contribution in [0.25, 0.3) is 0 Å². The third kappa shape index (κ3) is 3.21. The van der Waals surface area contributed by atoms with Gasteiger partial charge >= 0.3 is 23.1 Å². The topological polar surface area (TPSA) is 80.3 Å². The van der Waals surface area contributed by atoms with Crippen LogP contribution in [0.3, 0.4) is 0 Å². The smallest absolute Gasteiger partial charge is 0.549 e. The monoisotopic (exact) mass is 230 g/mol. The number of carbonyl (C=O) groups excluding carboxylic acids is 2. The molecule has 0 aliphatic rings. The van der Waals surface area contributed by atoms with Crippen molar-refractivity contribution in [2.75, 3.05) is 0 Å². The Balaban J connectivity index is 0.00000225. The van der Waals surface area contributed by atoms with Crippen molar-refractivity contribution in [2.45, 2.75) is 13.3 Å². The zero-order valence-electron chi connectivity index (χ0n) is 8.93. The molecule has 1 aromatic carbocycles. The minimum absolute atomic E-state index is 0. The minimum atomic E-state index is -1.98. The van der Waals surface area contributed by atoms with Gasteiger partial charge in [-0.15, -0.1) is 0 Å². The van der Waals surface area contributed by atoms with E-state index in [9.17, 15) is 19.8 Å². The van der Waals surface area contributed by atoms with E-state index in [1.54, 1.807) is 30.3 Å². The average molecular weight is 231 g/mol. The normalized spacial score (nSPS) is 10.3. The molecule has 4 nitrogen and oxygen atoms in total. The van der Waals surface area contributed by atoms with Crippen LogP contribution in [0.5, 0.6) is 0 Å². The molecule has 0 saturated heterocycles. The van der Waals surface area contributed by atoms with E-state index in [-0.39, 0.29) is 29.5 Å². The summed E-state index contributed by atoms with van der Waals surface area (Å²) < 4.78 is 0. The van der Waals surface area contributed by atoms with Gasteiger partial charge in [-0.2, -0.15) is 0 Å². The molecule has 0 spiro atoms. The fourth-order valence-corrected chi connectivity index (χ4v) is 1.23. The Bertz CT molecular complexity index is 361. The number of carboxylic acid groups (broad SMARTS) is 2. The van der Waals surface area contributed by atoms with Crippen molar-refractivity contribution in [1.82, 2.24) is 0 Å². The van der Waals surface area contributed by atoms with Crippen molar-refractivity contribution in [3.8, 4) is 0 Å². The van der Waals surface area contributed by atoms with Gasteiger partial charge in [0.2, 0.25) is 0 Å². The van der Waals surface area contributed by atoms with Crippen LogP contribution in [0.4, 0.5) is 0 Å². The van der Waals surface area contributed by atoms with Crippen LogP contribution in [-0.4, -0.2) is 35.0 Å². The molecule has 1 aromatic rings. The summed E-state index contributed by atoms with van der Waals surface area (Å²) in [5, 5.41) is 21.5. The fourth-order valence-electron chi connectivity index (χ4n) is 1.23. The number of carbonyl (C=O) groups is 2. The zero-order chi connectivity index (χ0) is 11.5. The van der Waals surface area contributed by atoms with Gasteiger partial charge in [-0.05, 0) is 18.9 Å². The Kier molecular flexibility index (Phi) is 5.47. The molecule has 0 aliphatic carbocycles. The first-order chi connectivity index (χ1) is 6.97. The van der Waals surface area contributed by atoms with Gasteiger partial charge in [0.25, 0.3) is 0 Å². The summed E-state index contributed by atoms with van der Waals surface area (Å²) in [4.78, 5) is 21.5. The summed E-state index contributed by atoms with van der Waals surface area (Å²) in [5.41, 5.74) is -1.37. The first kappa shape index (κ1) is 14.9. The maximum atomic E-state index is 10.7. The van der Waals surface area contributed by atoms with Crippen LogP contribution in [0.2, 0.25) is 0 Å². The number of benzene rings is 1. The predicted molar refractivity (Wildman–Crippen MR) is 54.0 cm³/mol. The molecule has 0 heterocycles. The van der Waals surface area contributed by atoms with Crippen LogP contribution in [0.1, 0.15) is 12.5 Å². The van der Waals surface area contributed by atoms with Gasteiger partial charge in [0.1, 0.15) is 0 Å². The van der Waals surface area contributed by atoms with Crippen LogP contribution in [-0.2, 0) is 16.0 Å². The molecule has 0 unspecified atom stereocenters. The number of aliphatic carboxylic acids is 2. The first-order valence-electron chi connectivity index (χ1n) is 4.43. The van der Waals surface area contributed by atoms with E-state index in [2.05, 4.69) is 0 Å². The van der Waals surface area contributed by atoms with E-state index >= 15 is 0 Å². The van der Waals surface area contributed by atoms with Gasteiger partial charge in [0, 0.05) is 0 Å². The van der Waals surface area contributed by atoms with Crippen molar-refractivity contribution < 1.29 is 19.8 Å². The van der Waals surface area contributed by atoms with E-state index in [1.165, 1.54) is 0 Å². The van der Waals surface area contributed by atoms with E-state index in [0.29, 0.717) is 5.56 Å². The summed E-state index contributed by atoms with van der Waals surface area (Å²) in [6.45, 7) is 1.09. The summed E-state index contributed by atoms with van der Waals surface area (Å²) in [6.07, 6.45) is -0.140. The van der Waals surface area contributed by atoms with Crippen LogP contribution in [0, 0.1) is 5.41 Å². The molecular weight excluding hydrogens is 220 g/mol. The number of hydrogen-bond acceptors (Lipinski definition) is 4. The molecule has 0 amide bonds. The van der Waals surface area contributed by atoms with Gasteiger partial charge in [0.05, 0.1) is 17.4 Å². The molecule has 0 atom stereocenters. The van der Waals surface area contributed by atoms with Crippen molar-refractivity contribution in [3.05, 3.63) is 35.9 Å². The van der Waals surface area contributed by atoms with E-state index < -0.39 is 17.4 Å². The van der Waals surface area contributed by atoms with Crippen LogP contribution in [0.15, 0.2) is 30.3 Å². The number of carboxylic acids is 2. The van der Waals surface area contributed by atoms with Gasteiger partial charge < -0.3 is 19.8 Å². The summed E-state index contributed by atoms with van der Waals surface area (Å²) >= 11 is 0. The first-order valence-corrected chi connectivity index (χ1v) is 4.43. The fraction of sp³-hybridized carbons (Fsp3) is 0.273. The molecule has 0 radical (unpaired) electrons. The van der Waals surface area contributed by atoms with Gasteiger partial charge in [-0.25, -0.2) is 0 Å². The summed E-state index contributed by atoms with van der Waals surface area (Å²) in [7, 11) is 0. The Morgan fingerprint density at radius 1 is 1.12 bits per heavy atom. The van der Waals surface area contributed by atoms with E-state index in [0.717, 1.165) is 6.92 Å². The Hall–Kier alpha value is -1.07. The van der Waals surface area contributed by atoms with Crippen molar-refractivity contribution in [2.24, 2.45) is 5.41 Å². The molecule has 0 N–H and O–H groups in total. The van der Waals surface area contributed by atoms with Crippen LogP contribution < -0.4 is 10.2 Å². The van der Waals surface area contributed by atoms with Crippen molar-refractivity contribution in [3.63, 3.8) is 0 Å². The largest absolute Gasteiger partial charge is 2.00 e. The van der Waals surface area contributed by atoms with Crippen LogP contribution >= 0.6 is 0 Å². The molecular formula is C11H10MgO4. The predicted octanol–water partition coefficient (Wildman–Crippen LogP) is -1.65. The van der Waals surface area contributed by atoms with Gasteiger partial charge in [-0.1, -0.05) is 30.3 Å². The van der Waals surface area contributed by atoms with E-state index in [1.807, 2.05) is 0 Å². The summed E-state index contributed by atoms with van der Waals surface area (Å²) in [6, 6.07) is 8.49. The molecule has 0 aromatic heterocycles. The minimum Gasteiger partial charge on any atom is -0.549 e. The Morgan fingerprint density at radius 2 is 1.56 bits per heavy atom. The average Bonchev–Trinajstić information content (AvgIpc) is 2.18. The Labute approximate surface area is 109 Å². The van der Waals surface area contributed by atoms with Crippen molar-refractivity contribution >= 4 is 35.0 Å². The maximum absolute atomic E-state index is 10.7. The second kappa shape index (κ2) is 5.86. The third-order valence-electron chi connectivity index (χ3n) is 2.30. The second-order valence-electron chi connectivity index (χ2n) is 3.57. The molecule has 0 aliphatic heterocycles. The third-order valence-corrected chi connectivity index (χ3v) is 2.30. The summed E-state index contributed by atoms with van der Waals surface area (Å²) in [5.74, 6) is -3.27. The van der Waals surface area contributed by atoms with E-state index in [4.69, 9.17) is 0 Å². The molecule has 5 heteroatoms. The SMILES string of the molecule is CC(Cc1ccccc1)(C(=O)[O-])C(=O)[O-].[Mg+2]. The van der Waals surface area contributed by atoms with Gasteiger partial charge in [-0.3, -0.25) is 0 Å². The number of rotatable bonds is 4.